The van der Waals surface area contributed by atoms with Gasteiger partial charge in [0.25, 0.3) is 0 Å². The molecule has 0 spiro atoms. The summed E-state index contributed by atoms with van der Waals surface area (Å²) in [5.41, 5.74) is 12.5. The van der Waals surface area contributed by atoms with Gasteiger partial charge in [0.2, 0.25) is 53.2 Å². The van der Waals surface area contributed by atoms with Crippen LogP contribution in [0.15, 0.2) is 54.6 Å². The first-order valence-electron chi connectivity index (χ1n) is 24.9. The fraction of sp³-hybridized carbons (Fsp3) is 0.529. The second-order valence-electron chi connectivity index (χ2n) is 19.2. The summed E-state index contributed by atoms with van der Waals surface area (Å²) in [4.78, 5) is 158. The van der Waals surface area contributed by atoms with E-state index < -0.39 is 169 Å². The molecule has 1 fully saturated rings. The molecule has 13 N–H and O–H groups in total. The van der Waals surface area contributed by atoms with E-state index in [1.807, 2.05) is 0 Å². The van der Waals surface area contributed by atoms with Gasteiger partial charge in [0.15, 0.2) is 18.4 Å². The third kappa shape index (κ3) is 21.1. The molecule has 0 bridgehead atoms. The summed E-state index contributed by atoms with van der Waals surface area (Å²) in [7, 11) is 0. The lowest BCUT2D eigenvalue weighted by atomic mass is 9.94. The van der Waals surface area contributed by atoms with E-state index in [-0.39, 0.29) is 18.6 Å². The van der Waals surface area contributed by atoms with Gasteiger partial charge in [0, 0.05) is 34.1 Å². The zero-order valence-corrected chi connectivity index (χ0v) is 44.9. The molecule has 1 saturated heterocycles. The standard InChI is InChI=1S/C51H72N10O17/c1-24(2)40(49(73)54-22-38(53)67)61-50(74)41(25(3)4)60-48(72)36(21-39(68)59-51-42(56-27(6)62)44(77-30(9)65)43(76-29(8)64)37(78-51)23-75-28(7)63)58-47(71)35(20-31-13-11-10-12-14-31)57-45(69)26(5)55-46(70)34(52)19-32-15-17-33(66)18-16-32/h10-18,24-26,34-37,40-44,51,66H,19-23,52H2,1-9H3,(H2,53,67)(H,54,73)(H,55,70)(H,56,62)(H,57,69)(H,58,71)(H,59,68)(H,60,72)(H,61,74)/t26-,34+,35+,36+,37-,40+,41+,42-,43-,44-,51-/m1/s1. The number of rotatable bonds is 27. The minimum absolute atomic E-state index is 0.00201. The summed E-state index contributed by atoms with van der Waals surface area (Å²) in [6, 6.07) is 4.11. The van der Waals surface area contributed by atoms with Crippen molar-refractivity contribution < 1.29 is 81.6 Å². The maximum absolute atomic E-state index is 14.6. The first-order valence-corrected chi connectivity index (χ1v) is 24.9. The number of nitrogens with two attached hydrogens (primary N) is 2. The average Bonchev–Trinajstić information content (AvgIpc) is 3.36. The molecule has 78 heavy (non-hydrogen) atoms. The lowest BCUT2D eigenvalue weighted by Crippen LogP contribution is -2.69. The number of primary amides is 1. The van der Waals surface area contributed by atoms with Gasteiger partial charge in [-0.2, -0.15) is 0 Å². The monoisotopic (exact) mass is 1100 g/mol. The van der Waals surface area contributed by atoms with Gasteiger partial charge >= 0.3 is 17.9 Å². The molecule has 0 aliphatic carbocycles. The summed E-state index contributed by atoms with van der Waals surface area (Å²) in [6.07, 6.45) is -7.47. The molecule has 2 aromatic rings. The molecule has 0 radical (unpaired) electrons. The maximum Gasteiger partial charge on any atom is 0.303 e. The van der Waals surface area contributed by atoms with Crippen molar-refractivity contribution in [2.45, 2.75) is 148 Å². The first-order chi connectivity index (χ1) is 36.6. The van der Waals surface area contributed by atoms with Gasteiger partial charge in [-0.05, 0) is 48.4 Å². The van der Waals surface area contributed by atoms with Crippen LogP contribution in [0.5, 0.6) is 5.75 Å². The number of carbonyl (C=O) groups is 12. The highest BCUT2D eigenvalue weighted by molar-refractivity contribution is 5.98. The van der Waals surface area contributed by atoms with Gasteiger partial charge in [0.1, 0.15) is 54.7 Å². The van der Waals surface area contributed by atoms with E-state index in [1.54, 1.807) is 70.2 Å². The molecule has 9 amide bonds. The van der Waals surface area contributed by atoms with E-state index >= 15 is 0 Å². The van der Waals surface area contributed by atoms with Crippen molar-refractivity contribution in [2.24, 2.45) is 23.3 Å². The SMILES string of the molecule is CC(=O)N[C@@H]1[C@@H](OC(C)=O)[C@H](OC(C)=O)[C@@H](COC(C)=O)O[C@H]1NC(=O)C[C@H](NC(=O)[C@H](Cc1ccccc1)NC(=O)[C@@H](C)NC(=O)[C@@H](N)Cc1ccc(O)cc1)C(=O)N[C@H](C(=O)N[C@H](C(=O)NCC(N)=O)C(C)C)C(C)C. The Morgan fingerprint density at radius 3 is 1.69 bits per heavy atom. The Kier molecular flexibility index (Phi) is 25.1. The predicted octanol–water partition coefficient (Wildman–Crippen LogP) is -2.98. The van der Waals surface area contributed by atoms with Crippen LogP contribution in [-0.2, 0) is 89.3 Å². The fourth-order valence-corrected chi connectivity index (χ4v) is 7.91. The van der Waals surface area contributed by atoms with Crippen LogP contribution in [0.1, 0.15) is 79.9 Å². The summed E-state index contributed by atoms with van der Waals surface area (Å²) < 4.78 is 22.1. The molecule has 2 aromatic carbocycles. The Morgan fingerprint density at radius 2 is 1.14 bits per heavy atom. The van der Waals surface area contributed by atoms with Gasteiger partial charge in [-0.15, -0.1) is 0 Å². The number of phenolic OH excluding ortho intramolecular Hbond substituents is 1. The number of nitrogens with one attached hydrogen (secondary N) is 8. The van der Waals surface area contributed by atoms with Crippen LogP contribution in [0, 0.1) is 11.8 Å². The molecule has 1 aliphatic heterocycles. The van der Waals surface area contributed by atoms with E-state index in [0.29, 0.717) is 11.1 Å². The topological polar surface area (TPSA) is 410 Å². The molecule has 27 nitrogen and oxygen atoms in total. The molecule has 0 aromatic heterocycles. The van der Waals surface area contributed by atoms with Crippen LogP contribution >= 0.6 is 0 Å². The smallest absolute Gasteiger partial charge is 0.303 e. The summed E-state index contributed by atoms with van der Waals surface area (Å²) >= 11 is 0. The first kappa shape index (κ1) is 64.1. The van der Waals surface area contributed by atoms with E-state index in [4.69, 9.17) is 30.4 Å². The minimum atomic E-state index is -1.94. The van der Waals surface area contributed by atoms with Crippen molar-refractivity contribution in [3.05, 3.63) is 65.7 Å². The number of hydrogen-bond acceptors (Lipinski definition) is 18. The quantitative estimate of drug-likeness (QED) is 0.0314. The Labute approximate surface area is 450 Å². The molecule has 1 heterocycles. The predicted molar refractivity (Wildman–Crippen MR) is 274 cm³/mol. The Balaban J connectivity index is 2.08. The highest BCUT2D eigenvalue weighted by atomic mass is 16.6. The number of esters is 3. The molecule has 428 valence electrons. The van der Waals surface area contributed by atoms with E-state index in [0.717, 1.165) is 27.7 Å². The van der Waals surface area contributed by atoms with Crippen LogP contribution < -0.4 is 54.0 Å². The van der Waals surface area contributed by atoms with Gasteiger partial charge in [-0.1, -0.05) is 70.2 Å². The van der Waals surface area contributed by atoms with Gasteiger partial charge < -0.3 is 78.1 Å². The third-order valence-electron chi connectivity index (χ3n) is 11.8. The van der Waals surface area contributed by atoms with Crippen LogP contribution in [-0.4, -0.2) is 156 Å². The second kappa shape index (κ2) is 30.5. The zero-order valence-electron chi connectivity index (χ0n) is 44.9. The minimum Gasteiger partial charge on any atom is -0.508 e. The van der Waals surface area contributed by atoms with Crippen molar-refractivity contribution >= 4 is 71.1 Å². The lowest BCUT2D eigenvalue weighted by molar-refractivity contribution is -0.228. The van der Waals surface area contributed by atoms with Gasteiger partial charge in [-0.25, -0.2) is 0 Å². The molecule has 11 atom stereocenters. The van der Waals surface area contributed by atoms with E-state index in [2.05, 4.69) is 42.5 Å². The lowest BCUT2D eigenvalue weighted by Gasteiger charge is -2.45. The highest BCUT2D eigenvalue weighted by Crippen LogP contribution is 2.27. The van der Waals surface area contributed by atoms with E-state index in [1.165, 1.54) is 19.1 Å². The molecule has 0 saturated carbocycles. The second-order valence-corrected chi connectivity index (χ2v) is 19.2. The summed E-state index contributed by atoms with van der Waals surface area (Å²) in [5.74, 6) is -12.1. The number of amides is 9. The van der Waals surface area contributed by atoms with Gasteiger partial charge in [-0.3, -0.25) is 57.5 Å². The number of benzene rings is 2. The number of carbonyl (C=O) groups excluding carboxylic acids is 12. The Bertz CT molecular complexity index is 2480. The van der Waals surface area contributed by atoms with Crippen LogP contribution in [0.4, 0.5) is 0 Å². The molecular formula is C51H72N10O17. The molecule has 1 aliphatic rings. The fourth-order valence-electron chi connectivity index (χ4n) is 7.91. The molecule has 27 heteroatoms. The third-order valence-corrected chi connectivity index (χ3v) is 11.8. The zero-order chi connectivity index (χ0) is 58.6. The molecule has 0 unspecified atom stereocenters. The number of phenols is 1. The van der Waals surface area contributed by atoms with Crippen LogP contribution in [0.2, 0.25) is 0 Å². The number of aromatic hydroxyl groups is 1. The van der Waals surface area contributed by atoms with Crippen molar-refractivity contribution in [3.63, 3.8) is 0 Å². The van der Waals surface area contributed by atoms with Crippen molar-refractivity contribution in [3.8, 4) is 5.75 Å². The summed E-state index contributed by atoms with van der Waals surface area (Å²) in [6.45, 7) is 10.7. The molecular weight excluding hydrogens is 1020 g/mol. The van der Waals surface area contributed by atoms with Crippen LogP contribution in [0.25, 0.3) is 0 Å². The van der Waals surface area contributed by atoms with Crippen molar-refractivity contribution in [1.29, 1.82) is 0 Å². The normalized spacial score (nSPS) is 19.1. The average molecular weight is 1100 g/mol. The van der Waals surface area contributed by atoms with Crippen molar-refractivity contribution in [1.82, 2.24) is 42.5 Å². The number of ether oxygens (including phenoxy) is 4. The van der Waals surface area contributed by atoms with Crippen LogP contribution in [0.3, 0.4) is 0 Å². The Hall–Kier alpha value is -8.20. The highest BCUT2D eigenvalue weighted by Gasteiger charge is 2.51. The number of hydrogen-bond donors (Lipinski definition) is 11. The molecule has 3 rings (SSSR count). The van der Waals surface area contributed by atoms with E-state index in [9.17, 15) is 62.6 Å². The van der Waals surface area contributed by atoms with Crippen molar-refractivity contribution in [2.75, 3.05) is 13.2 Å². The largest absolute Gasteiger partial charge is 0.508 e. The van der Waals surface area contributed by atoms with Gasteiger partial charge in [0.05, 0.1) is 19.0 Å². The summed E-state index contributed by atoms with van der Waals surface area (Å²) in [5, 5.41) is 29.6. The maximum atomic E-state index is 14.6. The Morgan fingerprint density at radius 1 is 0.603 bits per heavy atom.